The molecule has 0 aliphatic carbocycles. The van der Waals surface area contributed by atoms with Crippen LogP contribution in [-0.2, 0) is 0 Å². The van der Waals surface area contributed by atoms with Gasteiger partial charge in [0.25, 0.3) is 0 Å². The number of methoxy groups -OCH3 is 1. The van der Waals surface area contributed by atoms with Crippen LogP contribution in [0.3, 0.4) is 0 Å². The van der Waals surface area contributed by atoms with E-state index in [4.69, 9.17) is 9.47 Å². The maximum Gasteiger partial charge on any atom is 0.127 e. The minimum atomic E-state index is 0.778. The van der Waals surface area contributed by atoms with Crippen molar-refractivity contribution in [2.75, 3.05) is 7.11 Å². The van der Waals surface area contributed by atoms with Crippen molar-refractivity contribution in [1.82, 2.24) is 0 Å². The van der Waals surface area contributed by atoms with Crippen LogP contribution < -0.4 is 9.47 Å². The van der Waals surface area contributed by atoms with Crippen LogP contribution in [0.5, 0.6) is 11.5 Å². The van der Waals surface area contributed by atoms with Crippen molar-refractivity contribution in [2.45, 2.75) is 0 Å². The van der Waals surface area contributed by atoms with Gasteiger partial charge in [-0.05, 0) is 35.4 Å². The Morgan fingerprint density at radius 3 is 2.12 bits per heavy atom. The molecule has 0 amide bonds. The highest BCUT2D eigenvalue weighted by atomic mass is 16.5. The smallest absolute Gasteiger partial charge is 0.127 e. The zero-order valence-corrected chi connectivity index (χ0v) is 9.72. The summed E-state index contributed by atoms with van der Waals surface area (Å²) in [6.07, 6.45) is 1.42. The minimum absolute atomic E-state index is 0.778. The molecule has 2 aromatic rings. The van der Waals surface area contributed by atoms with Crippen LogP contribution >= 0.6 is 0 Å². The molecule has 0 radical (unpaired) electrons. The van der Waals surface area contributed by atoms with Crippen molar-refractivity contribution in [1.29, 1.82) is 0 Å². The first-order valence-electron chi connectivity index (χ1n) is 5.35. The first kappa shape index (κ1) is 11.3. The molecule has 0 aliphatic rings. The second-order valence-corrected chi connectivity index (χ2v) is 3.54. The van der Waals surface area contributed by atoms with Crippen molar-refractivity contribution in [3.63, 3.8) is 0 Å². The molecule has 17 heavy (non-hydrogen) atoms. The zero-order chi connectivity index (χ0) is 12.1. The predicted molar refractivity (Wildman–Crippen MR) is 69.3 cm³/mol. The van der Waals surface area contributed by atoms with Crippen LogP contribution in [0.15, 0.2) is 61.4 Å². The Hall–Kier alpha value is -2.22. The van der Waals surface area contributed by atoms with E-state index >= 15 is 0 Å². The molecule has 2 nitrogen and oxygen atoms in total. The highest BCUT2D eigenvalue weighted by molar-refractivity contribution is 5.66. The van der Waals surface area contributed by atoms with Crippen molar-refractivity contribution in [3.8, 4) is 22.6 Å². The van der Waals surface area contributed by atoms with Gasteiger partial charge in [0.15, 0.2) is 0 Å². The van der Waals surface area contributed by atoms with Crippen LogP contribution in [-0.4, -0.2) is 7.11 Å². The Morgan fingerprint density at radius 1 is 0.941 bits per heavy atom. The average molecular weight is 226 g/mol. The van der Waals surface area contributed by atoms with E-state index in [9.17, 15) is 0 Å². The summed E-state index contributed by atoms with van der Waals surface area (Å²) in [6, 6.07) is 15.8. The van der Waals surface area contributed by atoms with Gasteiger partial charge in [0.1, 0.15) is 11.5 Å². The summed E-state index contributed by atoms with van der Waals surface area (Å²) in [5.74, 6) is 1.62. The van der Waals surface area contributed by atoms with Gasteiger partial charge >= 0.3 is 0 Å². The predicted octanol–water partition coefficient (Wildman–Crippen LogP) is 3.88. The fraction of sp³-hybridized carbons (Fsp3) is 0.0667. The summed E-state index contributed by atoms with van der Waals surface area (Å²) >= 11 is 0. The molecule has 0 spiro atoms. The van der Waals surface area contributed by atoms with E-state index in [0.717, 1.165) is 22.6 Å². The number of hydrogen-bond acceptors (Lipinski definition) is 2. The number of ether oxygens (including phenoxy) is 2. The van der Waals surface area contributed by atoms with Gasteiger partial charge < -0.3 is 9.47 Å². The largest absolute Gasteiger partial charge is 0.497 e. The van der Waals surface area contributed by atoms with Gasteiger partial charge in [-0.15, -0.1) is 0 Å². The van der Waals surface area contributed by atoms with E-state index in [0.29, 0.717) is 0 Å². The number of benzene rings is 2. The quantitative estimate of drug-likeness (QED) is 0.736. The Labute approximate surface area is 101 Å². The third-order valence-electron chi connectivity index (χ3n) is 2.46. The lowest BCUT2D eigenvalue weighted by Crippen LogP contribution is -1.85. The average Bonchev–Trinajstić information content (AvgIpc) is 2.40. The summed E-state index contributed by atoms with van der Waals surface area (Å²) in [5, 5.41) is 0. The molecule has 0 aliphatic heterocycles. The lowest BCUT2D eigenvalue weighted by molar-refractivity contribution is 0.415. The molecule has 0 saturated carbocycles. The molecule has 0 fully saturated rings. The molecule has 2 rings (SSSR count). The van der Waals surface area contributed by atoms with Crippen molar-refractivity contribution in [2.24, 2.45) is 0 Å². The first-order valence-corrected chi connectivity index (χ1v) is 5.35. The van der Waals surface area contributed by atoms with Gasteiger partial charge in [-0.2, -0.15) is 0 Å². The fourth-order valence-corrected chi connectivity index (χ4v) is 1.65. The summed E-state index contributed by atoms with van der Waals surface area (Å²) < 4.78 is 10.5. The van der Waals surface area contributed by atoms with Crippen LogP contribution in [0.1, 0.15) is 0 Å². The summed E-state index contributed by atoms with van der Waals surface area (Å²) in [4.78, 5) is 0. The number of hydrogen-bond donors (Lipinski definition) is 0. The Kier molecular flexibility index (Phi) is 3.46. The first-order chi connectivity index (χ1) is 8.33. The van der Waals surface area contributed by atoms with Gasteiger partial charge in [0.2, 0.25) is 0 Å². The van der Waals surface area contributed by atoms with Gasteiger partial charge in [-0.3, -0.25) is 0 Å². The minimum Gasteiger partial charge on any atom is -0.497 e. The molecule has 2 heteroatoms. The van der Waals surface area contributed by atoms with Gasteiger partial charge in [-0.1, -0.05) is 30.8 Å². The Bertz CT molecular complexity index is 518. The fourth-order valence-electron chi connectivity index (χ4n) is 1.65. The van der Waals surface area contributed by atoms with E-state index in [-0.39, 0.29) is 0 Å². The third kappa shape index (κ3) is 2.67. The maximum absolute atomic E-state index is 5.26. The van der Waals surface area contributed by atoms with E-state index in [1.54, 1.807) is 7.11 Å². The highest BCUT2D eigenvalue weighted by Crippen LogP contribution is 2.26. The second kappa shape index (κ2) is 5.21. The lowest BCUT2D eigenvalue weighted by atomic mass is 10.1. The molecule has 0 saturated heterocycles. The number of rotatable bonds is 4. The van der Waals surface area contributed by atoms with Crippen LogP contribution in [0, 0.1) is 0 Å². The van der Waals surface area contributed by atoms with E-state index < -0.39 is 0 Å². The van der Waals surface area contributed by atoms with E-state index in [1.807, 2.05) is 48.5 Å². The molecule has 0 unspecified atom stereocenters. The Balaban J connectivity index is 2.37. The van der Waals surface area contributed by atoms with Crippen molar-refractivity contribution >= 4 is 0 Å². The molecule has 2 aromatic carbocycles. The molecule has 0 N–H and O–H groups in total. The summed E-state index contributed by atoms with van der Waals surface area (Å²) in [5.41, 5.74) is 2.18. The lowest BCUT2D eigenvalue weighted by Gasteiger charge is -2.06. The van der Waals surface area contributed by atoms with Gasteiger partial charge in [0, 0.05) is 0 Å². The SMILES string of the molecule is C=COc1cccc(-c2cccc(OC)c2)c1. The monoisotopic (exact) mass is 226 g/mol. The molecular weight excluding hydrogens is 212 g/mol. The second-order valence-electron chi connectivity index (χ2n) is 3.54. The molecule has 86 valence electrons. The zero-order valence-electron chi connectivity index (χ0n) is 9.72. The molecule has 0 bridgehead atoms. The third-order valence-corrected chi connectivity index (χ3v) is 2.46. The normalized spacial score (nSPS) is 9.71. The van der Waals surface area contributed by atoms with Crippen molar-refractivity contribution < 1.29 is 9.47 Å². The molecule has 0 atom stereocenters. The van der Waals surface area contributed by atoms with E-state index in [2.05, 4.69) is 6.58 Å². The van der Waals surface area contributed by atoms with Crippen molar-refractivity contribution in [3.05, 3.63) is 61.4 Å². The van der Waals surface area contributed by atoms with Crippen LogP contribution in [0.4, 0.5) is 0 Å². The van der Waals surface area contributed by atoms with Gasteiger partial charge in [-0.25, -0.2) is 0 Å². The van der Waals surface area contributed by atoms with Crippen LogP contribution in [0.25, 0.3) is 11.1 Å². The molecule has 0 aromatic heterocycles. The van der Waals surface area contributed by atoms with Gasteiger partial charge in [0.05, 0.1) is 13.4 Å². The van der Waals surface area contributed by atoms with Crippen LogP contribution in [0.2, 0.25) is 0 Å². The van der Waals surface area contributed by atoms with E-state index in [1.165, 1.54) is 6.26 Å². The molecule has 0 heterocycles. The summed E-state index contributed by atoms with van der Waals surface area (Å²) in [6.45, 7) is 3.54. The Morgan fingerprint density at radius 2 is 1.53 bits per heavy atom. The highest BCUT2D eigenvalue weighted by Gasteiger charge is 2.01. The maximum atomic E-state index is 5.26. The topological polar surface area (TPSA) is 18.5 Å². The standard InChI is InChI=1S/C15H14O2/c1-3-17-15-9-5-7-13(11-15)12-6-4-8-14(10-12)16-2/h3-11H,1H2,2H3. The summed E-state index contributed by atoms with van der Waals surface area (Å²) in [7, 11) is 1.66. The molecular formula is C15H14O2.